The number of hydrogen-bond donors (Lipinski definition) is 0. The maximum atomic E-state index is 6.30. The Labute approximate surface area is 186 Å². The quantitative estimate of drug-likeness (QED) is 0.323. The zero-order chi connectivity index (χ0) is 21.3. The van der Waals surface area contributed by atoms with Gasteiger partial charge in [-0.3, -0.25) is 4.98 Å². The molecule has 154 valence electrons. The first-order chi connectivity index (χ1) is 14.4. The van der Waals surface area contributed by atoms with Gasteiger partial charge in [-0.25, -0.2) is 4.98 Å². The topological polar surface area (TPSA) is 41.9 Å². The normalized spacial score (nSPS) is 11.4. The molecule has 0 saturated heterocycles. The first-order valence-electron chi connectivity index (χ1n) is 10.1. The standard InChI is InChI=1S/C24H25ClN4S/c1-15(2)18-5-7-19(8-6-18)20-16(3)30-23-21(20)22(27-24(25)28-23)29(4)14-11-17-9-12-26-13-10-17/h5-10,12-13,15H,11,14H2,1-4H3. The third kappa shape index (κ3) is 4.18. The summed E-state index contributed by atoms with van der Waals surface area (Å²) in [5, 5.41) is 1.37. The van der Waals surface area contributed by atoms with Gasteiger partial charge in [-0.1, -0.05) is 38.1 Å². The summed E-state index contributed by atoms with van der Waals surface area (Å²) >= 11 is 7.97. The Morgan fingerprint density at radius 2 is 1.73 bits per heavy atom. The molecule has 0 amide bonds. The minimum absolute atomic E-state index is 0.288. The molecule has 30 heavy (non-hydrogen) atoms. The number of likely N-dealkylation sites (N-methyl/N-ethyl adjacent to an activating group) is 1. The predicted octanol–water partition coefficient (Wildman–Crippen LogP) is 6.52. The van der Waals surface area contributed by atoms with Crippen molar-refractivity contribution < 1.29 is 0 Å². The number of benzene rings is 1. The molecule has 0 spiro atoms. The smallest absolute Gasteiger partial charge is 0.225 e. The van der Waals surface area contributed by atoms with Crippen LogP contribution in [0.15, 0.2) is 48.8 Å². The summed E-state index contributed by atoms with van der Waals surface area (Å²) in [5.74, 6) is 1.39. The highest BCUT2D eigenvalue weighted by Crippen LogP contribution is 2.42. The van der Waals surface area contributed by atoms with E-state index < -0.39 is 0 Å². The van der Waals surface area contributed by atoms with Gasteiger partial charge in [-0.15, -0.1) is 11.3 Å². The third-order valence-corrected chi connectivity index (χ3v) is 6.56. The van der Waals surface area contributed by atoms with Gasteiger partial charge in [0.15, 0.2) is 0 Å². The van der Waals surface area contributed by atoms with Crippen LogP contribution in [0.25, 0.3) is 21.3 Å². The molecule has 3 heterocycles. The van der Waals surface area contributed by atoms with Crippen molar-refractivity contribution in [2.45, 2.75) is 33.1 Å². The maximum Gasteiger partial charge on any atom is 0.225 e. The van der Waals surface area contributed by atoms with Crippen LogP contribution < -0.4 is 4.90 Å². The van der Waals surface area contributed by atoms with Crippen molar-refractivity contribution in [3.05, 3.63) is 70.1 Å². The van der Waals surface area contributed by atoms with Crippen LogP contribution >= 0.6 is 22.9 Å². The second-order valence-corrected chi connectivity index (χ2v) is 9.37. The zero-order valence-corrected chi connectivity index (χ0v) is 19.3. The number of thiophene rings is 1. The van der Waals surface area contributed by atoms with E-state index in [1.54, 1.807) is 11.3 Å². The van der Waals surface area contributed by atoms with Gasteiger partial charge in [-0.05, 0) is 59.7 Å². The number of halogens is 1. The minimum Gasteiger partial charge on any atom is -0.359 e. The average molecular weight is 437 g/mol. The highest BCUT2D eigenvalue weighted by Gasteiger charge is 2.20. The Morgan fingerprint density at radius 3 is 2.40 bits per heavy atom. The molecule has 0 N–H and O–H groups in total. The summed E-state index contributed by atoms with van der Waals surface area (Å²) in [5.41, 5.74) is 4.98. The number of fused-ring (bicyclic) bond motifs is 1. The highest BCUT2D eigenvalue weighted by molar-refractivity contribution is 7.19. The van der Waals surface area contributed by atoms with E-state index in [-0.39, 0.29) is 5.28 Å². The number of nitrogens with zero attached hydrogens (tertiary/aromatic N) is 4. The van der Waals surface area contributed by atoms with Gasteiger partial charge in [0.1, 0.15) is 10.6 Å². The van der Waals surface area contributed by atoms with E-state index in [0.29, 0.717) is 5.92 Å². The molecule has 0 saturated carbocycles. The predicted molar refractivity (Wildman–Crippen MR) is 128 cm³/mol. The molecule has 0 aliphatic heterocycles. The van der Waals surface area contributed by atoms with Crippen LogP contribution in [0.1, 0.15) is 35.8 Å². The van der Waals surface area contributed by atoms with Gasteiger partial charge in [0.25, 0.3) is 0 Å². The largest absolute Gasteiger partial charge is 0.359 e. The minimum atomic E-state index is 0.288. The second kappa shape index (κ2) is 8.70. The SMILES string of the molecule is Cc1sc2nc(Cl)nc(N(C)CCc3ccncc3)c2c1-c1ccc(C(C)C)cc1. The third-order valence-electron chi connectivity index (χ3n) is 5.39. The van der Waals surface area contributed by atoms with Crippen LogP contribution in [-0.4, -0.2) is 28.5 Å². The lowest BCUT2D eigenvalue weighted by Crippen LogP contribution is -2.22. The summed E-state index contributed by atoms with van der Waals surface area (Å²) in [7, 11) is 2.07. The Kier molecular flexibility index (Phi) is 6.02. The van der Waals surface area contributed by atoms with Crippen LogP contribution in [0, 0.1) is 6.92 Å². The van der Waals surface area contributed by atoms with Crippen molar-refractivity contribution in [2.24, 2.45) is 0 Å². The Balaban J connectivity index is 1.76. The van der Waals surface area contributed by atoms with Crippen LogP contribution in [0.3, 0.4) is 0 Å². The second-order valence-electron chi connectivity index (χ2n) is 7.83. The van der Waals surface area contributed by atoms with E-state index in [4.69, 9.17) is 11.6 Å². The van der Waals surface area contributed by atoms with E-state index in [2.05, 4.69) is 71.9 Å². The van der Waals surface area contributed by atoms with E-state index >= 15 is 0 Å². The average Bonchev–Trinajstić information content (AvgIpc) is 3.07. The fourth-order valence-corrected chi connectivity index (χ4v) is 4.93. The van der Waals surface area contributed by atoms with Crippen LogP contribution in [-0.2, 0) is 6.42 Å². The molecule has 0 radical (unpaired) electrons. The lowest BCUT2D eigenvalue weighted by molar-refractivity contribution is 0.861. The summed E-state index contributed by atoms with van der Waals surface area (Å²) < 4.78 is 0. The molecule has 1 aromatic carbocycles. The van der Waals surface area contributed by atoms with Gasteiger partial charge >= 0.3 is 0 Å². The number of anilines is 1. The number of rotatable bonds is 6. The lowest BCUT2D eigenvalue weighted by atomic mass is 9.97. The number of aryl methyl sites for hydroxylation is 1. The molecule has 6 heteroatoms. The first kappa shape index (κ1) is 20.8. The van der Waals surface area contributed by atoms with Crippen LogP contribution in [0.2, 0.25) is 5.28 Å². The number of hydrogen-bond acceptors (Lipinski definition) is 5. The molecule has 0 fully saturated rings. The van der Waals surface area contributed by atoms with Crippen molar-refractivity contribution in [2.75, 3.05) is 18.5 Å². The highest BCUT2D eigenvalue weighted by atomic mass is 35.5. The van der Waals surface area contributed by atoms with Crippen molar-refractivity contribution in [3.8, 4) is 11.1 Å². The molecule has 4 nitrogen and oxygen atoms in total. The van der Waals surface area contributed by atoms with Crippen LogP contribution in [0.5, 0.6) is 0 Å². The maximum absolute atomic E-state index is 6.30. The number of aromatic nitrogens is 3. The Hall–Kier alpha value is -2.50. The monoisotopic (exact) mass is 436 g/mol. The van der Waals surface area contributed by atoms with Gasteiger partial charge in [0.2, 0.25) is 5.28 Å². The van der Waals surface area contributed by atoms with Gasteiger partial charge < -0.3 is 4.90 Å². The van der Waals surface area contributed by atoms with Gasteiger partial charge in [0.05, 0.1) is 5.39 Å². The molecule has 4 rings (SSSR count). The van der Waals surface area contributed by atoms with E-state index in [1.807, 2.05) is 24.5 Å². The zero-order valence-electron chi connectivity index (χ0n) is 17.7. The summed E-state index contributed by atoms with van der Waals surface area (Å²) in [6, 6.07) is 12.9. The molecule has 0 aliphatic rings. The summed E-state index contributed by atoms with van der Waals surface area (Å²) in [4.78, 5) is 17.6. The Bertz CT molecular complexity index is 1150. The molecular weight excluding hydrogens is 412 g/mol. The first-order valence-corrected chi connectivity index (χ1v) is 11.3. The van der Waals surface area contributed by atoms with Crippen molar-refractivity contribution in [3.63, 3.8) is 0 Å². The van der Waals surface area contributed by atoms with E-state index in [0.717, 1.165) is 29.0 Å². The van der Waals surface area contributed by atoms with E-state index in [9.17, 15) is 0 Å². The van der Waals surface area contributed by atoms with Crippen molar-refractivity contribution >= 4 is 39.0 Å². The molecule has 0 atom stereocenters. The molecular formula is C24H25ClN4S. The molecule has 3 aromatic heterocycles. The fraction of sp³-hybridized carbons (Fsp3) is 0.292. The summed E-state index contributed by atoms with van der Waals surface area (Å²) in [6.45, 7) is 7.40. The molecule has 0 unspecified atom stereocenters. The van der Waals surface area contributed by atoms with Gasteiger partial charge in [-0.2, -0.15) is 4.98 Å². The molecule has 0 bridgehead atoms. The van der Waals surface area contributed by atoms with Crippen molar-refractivity contribution in [1.29, 1.82) is 0 Å². The van der Waals surface area contributed by atoms with Crippen molar-refractivity contribution in [1.82, 2.24) is 15.0 Å². The summed E-state index contributed by atoms with van der Waals surface area (Å²) in [6.07, 6.45) is 4.57. The number of pyridine rings is 1. The lowest BCUT2D eigenvalue weighted by Gasteiger charge is -2.20. The molecule has 0 aliphatic carbocycles. The van der Waals surface area contributed by atoms with Crippen LogP contribution in [0.4, 0.5) is 5.82 Å². The fourth-order valence-electron chi connectivity index (χ4n) is 3.68. The van der Waals surface area contributed by atoms with Gasteiger partial charge in [0, 0.05) is 36.4 Å². The van der Waals surface area contributed by atoms with E-state index in [1.165, 1.54) is 27.1 Å². The molecule has 4 aromatic rings. The Morgan fingerprint density at radius 1 is 1.03 bits per heavy atom.